The first-order chi connectivity index (χ1) is 8.78. The molecule has 0 saturated heterocycles. The van der Waals surface area contributed by atoms with E-state index in [1.807, 2.05) is 6.07 Å². The maximum absolute atomic E-state index is 14.1. The van der Waals surface area contributed by atoms with E-state index in [0.29, 0.717) is 5.69 Å². The molecule has 1 aromatic rings. The molecule has 0 atom stereocenters. The van der Waals surface area contributed by atoms with Crippen molar-refractivity contribution in [3.63, 3.8) is 0 Å². The van der Waals surface area contributed by atoms with Crippen molar-refractivity contribution >= 4 is 5.69 Å². The molecular weight excluding hydrogens is 229 g/mol. The molecule has 0 radical (unpaired) electrons. The van der Waals surface area contributed by atoms with Gasteiger partial charge in [0, 0.05) is 18.7 Å². The van der Waals surface area contributed by atoms with E-state index in [-0.39, 0.29) is 12.4 Å². The average molecular weight is 249 g/mol. The Bertz CT molecular complexity index is 413. The smallest absolute Gasteiger partial charge is 0.146 e. The van der Waals surface area contributed by atoms with Gasteiger partial charge in [0.15, 0.2) is 0 Å². The topological polar surface area (TPSA) is 23.5 Å². The first kappa shape index (κ1) is 12.0. The van der Waals surface area contributed by atoms with Crippen molar-refractivity contribution in [3.05, 3.63) is 29.6 Å². The van der Waals surface area contributed by atoms with E-state index in [9.17, 15) is 9.50 Å². The molecular formula is C15H20FNO. The second kappa shape index (κ2) is 4.88. The molecule has 0 bridgehead atoms. The molecule has 2 aliphatic carbocycles. The van der Waals surface area contributed by atoms with E-state index in [1.54, 1.807) is 6.07 Å². The number of aliphatic hydroxyl groups is 1. The summed E-state index contributed by atoms with van der Waals surface area (Å²) in [6.07, 6.45) is 5.07. The number of halogens is 1. The standard InChI is InChI=1S/C15H20FNO/c16-14-3-1-2-13(10-18)15(14)17(8-11-4-5-11)9-12-6-7-12/h1-3,11-12,18H,4-10H2. The van der Waals surface area contributed by atoms with Crippen LogP contribution in [0.1, 0.15) is 31.2 Å². The third-order valence-electron chi connectivity index (χ3n) is 3.91. The fraction of sp³-hybridized carbons (Fsp3) is 0.600. The summed E-state index contributed by atoms with van der Waals surface area (Å²) in [5.41, 5.74) is 1.36. The minimum atomic E-state index is -0.192. The van der Waals surface area contributed by atoms with Crippen LogP contribution < -0.4 is 4.90 Å². The largest absolute Gasteiger partial charge is 0.392 e. The number of rotatable bonds is 6. The molecule has 0 aromatic heterocycles. The number of benzene rings is 1. The first-order valence-electron chi connectivity index (χ1n) is 6.91. The van der Waals surface area contributed by atoms with Gasteiger partial charge in [-0.15, -0.1) is 0 Å². The van der Waals surface area contributed by atoms with Crippen molar-refractivity contribution in [2.24, 2.45) is 11.8 Å². The van der Waals surface area contributed by atoms with Gasteiger partial charge in [0.2, 0.25) is 0 Å². The summed E-state index contributed by atoms with van der Waals surface area (Å²) in [4.78, 5) is 2.18. The van der Waals surface area contributed by atoms with Crippen LogP contribution in [0.4, 0.5) is 10.1 Å². The van der Waals surface area contributed by atoms with Gasteiger partial charge in [0.05, 0.1) is 12.3 Å². The zero-order chi connectivity index (χ0) is 12.5. The summed E-state index contributed by atoms with van der Waals surface area (Å²) in [5.74, 6) is 1.27. The maximum Gasteiger partial charge on any atom is 0.146 e. The third kappa shape index (κ3) is 2.66. The number of nitrogens with zero attached hydrogens (tertiary/aromatic N) is 1. The summed E-state index contributed by atoms with van der Waals surface area (Å²) in [5, 5.41) is 9.40. The van der Waals surface area contributed by atoms with Crippen molar-refractivity contribution in [1.82, 2.24) is 0 Å². The van der Waals surface area contributed by atoms with Crippen LogP contribution in [0.5, 0.6) is 0 Å². The van der Waals surface area contributed by atoms with E-state index in [0.717, 1.165) is 30.5 Å². The Labute approximate surface area is 107 Å². The van der Waals surface area contributed by atoms with E-state index >= 15 is 0 Å². The van der Waals surface area contributed by atoms with Gasteiger partial charge in [-0.05, 0) is 43.6 Å². The molecule has 18 heavy (non-hydrogen) atoms. The van der Waals surface area contributed by atoms with Crippen LogP contribution in [0.25, 0.3) is 0 Å². The van der Waals surface area contributed by atoms with Crippen LogP contribution in [0.2, 0.25) is 0 Å². The van der Waals surface area contributed by atoms with Crippen molar-refractivity contribution in [2.45, 2.75) is 32.3 Å². The maximum atomic E-state index is 14.1. The van der Waals surface area contributed by atoms with Crippen molar-refractivity contribution in [3.8, 4) is 0 Å². The van der Waals surface area contributed by atoms with Crippen LogP contribution in [-0.4, -0.2) is 18.2 Å². The molecule has 2 saturated carbocycles. The zero-order valence-electron chi connectivity index (χ0n) is 10.6. The molecule has 0 spiro atoms. The number of hydrogen-bond acceptors (Lipinski definition) is 2. The lowest BCUT2D eigenvalue weighted by Gasteiger charge is -2.27. The molecule has 0 aliphatic heterocycles. The predicted octanol–water partition coefficient (Wildman–Crippen LogP) is 2.94. The van der Waals surface area contributed by atoms with Gasteiger partial charge in [-0.3, -0.25) is 0 Å². The normalized spacial score (nSPS) is 19.0. The lowest BCUT2D eigenvalue weighted by Crippen LogP contribution is -2.30. The minimum absolute atomic E-state index is 0.0844. The molecule has 0 unspecified atom stereocenters. The Kier molecular flexibility index (Phi) is 3.25. The molecule has 2 fully saturated rings. The van der Waals surface area contributed by atoms with Crippen molar-refractivity contribution in [1.29, 1.82) is 0 Å². The zero-order valence-corrected chi connectivity index (χ0v) is 10.6. The summed E-state index contributed by atoms with van der Waals surface area (Å²) in [6, 6.07) is 5.00. The Hall–Kier alpha value is -1.09. The van der Waals surface area contributed by atoms with Gasteiger partial charge in [0.25, 0.3) is 0 Å². The number of hydrogen-bond donors (Lipinski definition) is 1. The van der Waals surface area contributed by atoms with E-state index in [4.69, 9.17) is 0 Å². The summed E-state index contributed by atoms with van der Waals surface area (Å²) >= 11 is 0. The van der Waals surface area contributed by atoms with Crippen LogP contribution >= 0.6 is 0 Å². The highest BCUT2D eigenvalue weighted by atomic mass is 19.1. The summed E-state index contributed by atoms with van der Waals surface area (Å²) in [7, 11) is 0. The SMILES string of the molecule is OCc1cccc(F)c1N(CC1CC1)CC1CC1. The molecule has 0 heterocycles. The molecule has 1 N–H and O–H groups in total. The van der Waals surface area contributed by atoms with Crippen molar-refractivity contribution in [2.75, 3.05) is 18.0 Å². The molecule has 2 aliphatic rings. The van der Waals surface area contributed by atoms with Gasteiger partial charge in [0.1, 0.15) is 5.82 Å². The van der Waals surface area contributed by atoms with Gasteiger partial charge in [-0.1, -0.05) is 12.1 Å². The number of aliphatic hydroxyl groups excluding tert-OH is 1. The Morgan fingerprint density at radius 1 is 1.11 bits per heavy atom. The Morgan fingerprint density at radius 3 is 2.22 bits per heavy atom. The first-order valence-corrected chi connectivity index (χ1v) is 6.91. The van der Waals surface area contributed by atoms with Gasteiger partial charge < -0.3 is 10.0 Å². The Balaban J connectivity index is 1.86. The lowest BCUT2D eigenvalue weighted by atomic mass is 10.1. The molecule has 3 rings (SSSR count). The highest BCUT2D eigenvalue weighted by Gasteiger charge is 2.31. The van der Waals surface area contributed by atoms with Crippen LogP contribution in [-0.2, 0) is 6.61 Å². The fourth-order valence-electron chi connectivity index (χ4n) is 2.52. The minimum Gasteiger partial charge on any atom is -0.392 e. The predicted molar refractivity (Wildman–Crippen MR) is 70.0 cm³/mol. The highest BCUT2D eigenvalue weighted by molar-refractivity contribution is 5.55. The van der Waals surface area contributed by atoms with E-state index in [2.05, 4.69) is 4.90 Å². The Morgan fingerprint density at radius 2 is 1.72 bits per heavy atom. The fourth-order valence-corrected chi connectivity index (χ4v) is 2.52. The summed E-state index contributed by atoms with van der Waals surface area (Å²) < 4.78 is 14.1. The van der Waals surface area contributed by atoms with Gasteiger partial charge >= 0.3 is 0 Å². The molecule has 3 heteroatoms. The van der Waals surface area contributed by atoms with Gasteiger partial charge in [-0.2, -0.15) is 0 Å². The van der Waals surface area contributed by atoms with Crippen LogP contribution in [0.3, 0.4) is 0 Å². The molecule has 2 nitrogen and oxygen atoms in total. The highest BCUT2D eigenvalue weighted by Crippen LogP contribution is 2.37. The monoisotopic (exact) mass is 249 g/mol. The summed E-state index contributed by atoms with van der Waals surface area (Å²) in [6.45, 7) is 1.81. The van der Waals surface area contributed by atoms with Crippen molar-refractivity contribution < 1.29 is 9.50 Å². The lowest BCUT2D eigenvalue weighted by molar-refractivity contribution is 0.281. The number of para-hydroxylation sites is 1. The van der Waals surface area contributed by atoms with E-state index in [1.165, 1.54) is 31.7 Å². The van der Waals surface area contributed by atoms with Gasteiger partial charge in [-0.25, -0.2) is 4.39 Å². The second-order valence-corrected chi connectivity index (χ2v) is 5.70. The third-order valence-corrected chi connectivity index (χ3v) is 3.91. The van der Waals surface area contributed by atoms with Crippen LogP contribution in [0, 0.1) is 17.7 Å². The average Bonchev–Trinajstić information content (AvgIpc) is 3.23. The molecule has 1 aromatic carbocycles. The second-order valence-electron chi connectivity index (χ2n) is 5.70. The van der Waals surface area contributed by atoms with Crippen LogP contribution in [0.15, 0.2) is 18.2 Å². The quantitative estimate of drug-likeness (QED) is 0.838. The molecule has 0 amide bonds. The molecule has 98 valence electrons. The van der Waals surface area contributed by atoms with E-state index < -0.39 is 0 Å². The number of anilines is 1.